The molecule has 13 heteroatoms. The number of phosphoric acid groups is 1. The predicted octanol–water partition coefficient (Wildman–Crippen LogP) is 2.51. The number of hydrogen-bond acceptors (Lipinski definition) is 9. The first kappa shape index (κ1) is 25.6. The van der Waals surface area contributed by atoms with E-state index in [0.717, 1.165) is 0 Å². The lowest BCUT2D eigenvalue weighted by atomic mass is 10.2. The fourth-order valence-corrected chi connectivity index (χ4v) is 4.00. The molecule has 0 saturated carbocycles. The van der Waals surface area contributed by atoms with Gasteiger partial charge in [0.15, 0.2) is 13.6 Å². The van der Waals surface area contributed by atoms with Gasteiger partial charge >= 0.3 is 15.1 Å². The summed E-state index contributed by atoms with van der Waals surface area (Å²) in [6, 6.07) is 0. The molecule has 10 nitrogen and oxygen atoms in total. The molecule has 0 spiro atoms. The maximum atomic E-state index is 11.8. The molecule has 152 valence electrons. The van der Waals surface area contributed by atoms with Crippen LogP contribution in [0, 0.1) is 5.92 Å². The van der Waals surface area contributed by atoms with Gasteiger partial charge in [0.2, 0.25) is 0 Å². The van der Waals surface area contributed by atoms with Gasteiger partial charge in [-0.25, -0.2) is 4.57 Å². The Morgan fingerprint density at radius 2 is 1.40 bits per heavy atom. The average molecular weight is 426 g/mol. The van der Waals surface area contributed by atoms with Crippen LogP contribution in [0.25, 0.3) is 0 Å². The highest BCUT2D eigenvalue weighted by atomic mass is 32.1. The van der Waals surface area contributed by atoms with Crippen molar-refractivity contribution in [1.82, 2.24) is 0 Å². The Balaban J connectivity index is 3.93. The fraction of sp³-hybridized carbons (Fsp3) is 1.00. The van der Waals surface area contributed by atoms with E-state index in [-0.39, 0.29) is 32.7 Å². The first-order valence-corrected chi connectivity index (χ1v) is 12.3. The quantitative estimate of drug-likeness (QED) is 0.229. The maximum absolute atomic E-state index is 11.8. The van der Waals surface area contributed by atoms with E-state index in [1.165, 1.54) is 0 Å². The zero-order valence-electron chi connectivity index (χ0n) is 14.9. The molecule has 0 aliphatic carbocycles. The molecule has 0 aliphatic heterocycles. The minimum Gasteiger partial charge on any atom is -0.396 e. The number of aliphatic hydroxyl groups excluding tert-OH is 1. The van der Waals surface area contributed by atoms with Crippen LogP contribution in [0.5, 0.6) is 0 Å². The molecule has 0 amide bonds. The second-order valence-electron chi connectivity index (χ2n) is 5.60. The molecule has 0 heterocycles. The molecule has 4 unspecified atom stereocenters. The van der Waals surface area contributed by atoms with Gasteiger partial charge in [-0.05, 0) is 36.6 Å². The molecule has 2 N–H and O–H groups in total. The lowest BCUT2D eigenvalue weighted by Crippen LogP contribution is -2.21. The summed E-state index contributed by atoms with van der Waals surface area (Å²) in [5.74, 6) is -0.425. The van der Waals surface area contributed by atoms with Crippen molar-refractivity contribution in [3.05, 3.63) is 0 Å². The van der Waals surface area contributed by atoms with Crippen LogP contribution in [-0.4, -0.2) is 55.6 Å². The summed E-state index contributed by atoms with van der Waals surface area (Å²) in [5, 5.41) is 9.23. The van der Waals surface area contributed by atoms with Crippen LogP contribution in [0.15, 0.2) is 0 Å². The Hall–Kier alpha value is 0.570. The number of hydrogen-bond donors (Lipinski definition) is 2. The summed E-state index contributed by atoms with van der Waals surface area (Å²) in [5.41, 5.74) is 0. The second-order valence-corrected chi connectivity index (χ2v) is 10.5. The maximum Gasteiger partial charge on any atom is 0.474 e. The highest BCUT2D eigenvalue weighted by molar-refractivity contribution is 8.12. The molecule has 4 atom stereocenters. The molecule has 0 radical (unpaired) electrons. The van der Waals surface area contributed by atoms with Crippen molar-refractivity contribution < 1.29 is 46.7 Å². The van der Waals surface area contributed by atoms with E-state index in [0.29, 0.717) is 0 Å². The summed E-state index contributed by atoms with van der Waals surface area (Å²) in [4.78, 5) is 9.32. The lowest BCUT2D eigenvalue weighted by Gasteiger charge is -2.19. The zero-order valence-corrected chi connectivity index (χ0v) is 17.8. The van der Waals surface area contributed by atoms with E-state index >= 15 is 0 Å². The van der Waals surface area contributed by atoms with Crippen molar-refractivity contribution in [3.8, 4) is 0 Å². The molecule has 0 aromatic rings. The van der Waals surface area contributed by atoms with E-state index in [4.69, 9.17) is 18.5 Å². The molecule has 0 saturated heterocycles. The Labute approximate surface area is 150 Å². The SMILES string of the molecule is CC(C)OP(=O)(O)OCOCC(CO)COCOP(=O)(P)OC(C)C. The van der Waals surface area contributed by atoms with Crippen LogP contribution in [0.2, 0.25) is 0 Å². The van der Waals surface area contributed by atoms with E-state index in [1.54, 1.807) is 27.7 Å². The van der Waals surface area contributed by atoms with E-state index < -0.39 is 33.9 Å². The van der Waals surface area contributed by atoms with Crippen molar-refractivity contribution in [3.63, 3.8) is 0 Å². The third-order valence-electron chi connectivity index (χ3n) is 2.28. The summed E-state index contributed by atoms with van der Waals surface area (Å²) >= 11 is 0. The second kappa shape index (κ2) is 12.9. The average Bonchev–Trinajstić information content (AvgIpc) is 2.42. The van der Waals surface area contributed by atoms with Gasteiger partial charge in [0.1, 0.15) is 0 Å². The number of ether oxygens (including phenoxy) is 2. The van der Waals surface area contributed by atoms with Gasteiger partial charge in [0, 0.05) is 5.92 Å². The third kappa shape index (κ3) is 15.3. The highest BCUT2D eigenvalue weighted by Gasteiger charge is 2.23. The first-order chi connectivity index (χ1) is 11.5. The lowest BCUT2D eigenvalue weighted by molar-refractivity contribution is -0.0631. The molecule has 25 heavy (non-hydrogen) atoms. The summed E-state index contributed by atoms with van der Waals surface area (Å²) in [6.07, 6.45) is -0.731. The van der Waals surface area contributed by atoms with Crippen molar-refractivity contribution in [2.45, 2.75) is 39.9 Å². The molecular weight excluding hydrogens is 397 g/mol. The zero-order chi connectivity index (χ0) is 19.5. The number of phosphoric ester groups is 1. The molecular formula is C12H29O10P3. The van der Waals surface area contributed by atoms with Gasteiger partial charge in [-0.3, -0.25) is 18.1 Å². The minimum atomic E-state index is -4.16. The predicted molar refractivity (Wildman–Crippen MR) is 94.0 cm³/mol. The van der Waals surface area contributed by atoms with Gasteiger partial charge < -0.3 is 24.0 Å². The van der Waals surface area contributed by atoms with Gasteiger partial charge in [-0.1, -0.05) is 0 Å². The Morgan fingerprint density at radius 3 is 1.84 bits per heavy atom. The fourth-order valence-electron chi connectivity index (χ4n) is 1.42. The van der Waals surface area contributed by atoms with Crippen LogP contribution in [0.1, 0.15) is 27.7 Å². The monoisotopic (exact) mass is 426 g/mol. The standard InChI is InChI=1S/C12H29O10P3/c1-10(2)21-24(14,15)19-8-17-6-12(5-13)7-18-9-20-25(16,23)22-11(3)4/h10-13H,5-9,23H2,1-4H3,(H,14,15). The van der Waals surface area contributed by atoms with Crippen molar-refractivity contribution in [2.24, 2.45) is 5.92 Å². The van der Waals surface area contributed by atoms with Crippen molar-refractivity contribution in [2.75, 3.05) is 33.4 Å². The Kier molecular flexibility index (Phi) is 13.2. The van der Waals surface area contributed by atoms with Crippen LogP contribution in [0.3, 0.4) is 0 Å². The van der Waals surface area contributed by atoms with Gasteiger partial charge in [0.25, 0.3) is 0 Å². The van der Waals surface area contributed by atoms with Gasteiger partial charge in [-0.2, -0.15) is 0 Å². The Morgan fingerprint density at radius 1 is 0.920 bits per heavy atom. The smallest absolute Gasteiger partial charge is 0.396 e. The van der Waals surface area contributed by atoms with Crippen LogP contribution in [0.4, 0.5) is 0 Å². The van der Waals surface area contributed by atoms with Gasteiger partial charge in [0.05, 0.1) is 32.0 Å². The topological polar surface area (TPSA) is 130 Å². The minimum absolute atomic E-state index is 0.0131. The summed E-state index contributed by atoms with van der Waals surface area (Å²) in [7, 11) is -5.42. The van der Waals surface area contributed by atoms with Gasteiger partial charge in [-0.15, -0.1) is 0 Å². The molecule has 0 rings (SSSR count). The van der Waals surface area contributed by atoms with Crippen LogP contribution < -0.4 is 0 Å². The molecule has 0 aromatic carbocycles. The Bertz CT molecular complexity index is 407. The number of rotatable bonds is 15. The normalized spacial score (nSPS) is 18.3. The van der Waals surface area contributed by atoms with Crippen LogP contribution >= 0.6 is 24.0 Å². The number of aliphatic hydroxyl groups is 1. The molecule has 0 fully saturated rings. The van der Waals surface area contributed by atoms with E-state index in [2.05, 4.69) is 9.05 Å². The first-order valence-electron chi connectivity index (χ1n) is 7.61. The highest BCUT2D eigenvalue weighted by Crippen LogP contribution is 2.57. The molecule has 0 aromatic heterocycles. The van der Waals surface area contributed by atoms with Crippen molar-refractivity contribution >= 4 is 24.0 Å². The molecule has 0 aliphatic rings. The van der Waals surface area contributed by atoms with Crippen LogP contribution in [-0.2, 0) is 36.7 Å². The third-order valence-corrected chi connectivity index (χ3v) is 5.40. The summed E-state index contributed by atoms with van der Waals surface area (Å²) < 4.78 is 52.8. The van der Waals surface area contributed by atoms with E-state index in [1.807, 2.05) is 8.93 Å². The largest absolute Gasteiger partial charge is 0.474 e. The van der Waals surface area contributed by atoms with E-state index in [9.17, 15) is 19.1 Å². The summed E-state index contributed by atoms with van der Waals surface area (Å²) in [6.45, 7) is 5.69. The molecule has 0 bridgehead atoms. The van der Waals surface area contributed by atoms with Crippen molar-refractivity contribution in [1.29, 1.82) is 0 Å².